The minimum Gasteiger partial charge on any atom is -0.378 e. The van der Waals surface area contributed by atoms with Gasteiger partial charge in [-0.15, -0.1) is 0 Å². The van der Waals surface area contributed by atoms with Gasteiger partial charge in [-0.2, -0.15) is 0 Å². The second-order valence-corrected chi connectivity index (χ2v) is 6.00. The fourth-order valence-electron chi connectivity index (χ4n) is 2.62. The molecule has 1 aliphatic heterocycles. The molecule has 20 heavy (non-hydrogen) atoms. The average Bonchev–Trinajstić information content (AvgIpc) is 2.47. The molecule has 0 bridgehead atoms. The van der Waals surface area contributed by atoms with Gasteiger partial charge in [-0.25, -0.2) is 0 Å². The molecule has 0 spiro atoms. The number of benzene rings is 1. The van der Waals surface area contributed by atoms with Gasteiger partial charge in [0, 0.05) is 42.7 Å². The molecule has 1 aromatic carbocycles. The Balaban J connectivity index is 1.76. The number of hydrogen-bond acceptors (Lipinski definition) is 3. The highest BCUT2D eigenvalue weighted by Gasteiger charge is 2.20. The van der Waals surface area contributed by atoms with Gasteiger partial charge in [0.1, 0.15) is 0 Å². The van der Waals surface area contributed by atoms with Gasteiger partial charge in [0.05, 0.1) is 6.10 Å². The standard InChI is InChI=1S/C16H22BrNO2/c1-2-20-13-7-10-18(11-8-13)12-9-16(19)14-5-3-4-6-15(14)17/h3-6,13H,2,7-12H2,1H3. The van der Waals surface area contributed by atoms with Crippen molar-refractivity contribution in [3.63, 3.8) is 0 Å². The van der Waals surface area contributed by atoms with Gasteiger partial charge in [0.15, 0.2) is 5.78 Å². The summed E-state index contributed by atoms with van der Waals surface area (Å²) < 4.78 is 6.53. The zero-order valence-electron chi connectivity index (χ0n) is 12.0. The lowest BCUT2D eigenvalue weighted by atomic mass is 10.1. The molecular formula is C16H22BrNO2. The summed E-state index contributed by atoms with van der Waals surface area (Å²) in [5.74, 6) is 0.212. The van der Waals surface area contributed by atoms with Crippen LogP contribution in [0.25, 0.3) is 0 Å². The molecular weight excluding hydrogens is 318 g/mol. The average molecular weight is 340 g/mol. The molecule has 1 heterocycles. The minimum atomic E-state index is 0.212. The first kappa shape index (κ1) is 15.7. The number of hydrogen-bond donors (Lipinski definition) is 0. The topological polar surface area (TPSA) is 29.5 Å². The number of Topliss-reactive ketones (excluding diaryl/α,β-unsaturated/α-hetero) is 1. The summed E-state index contributed by atoms with van der Waals surface area (Å²) in [6, 6.07) is 7.64. The Morgan fingerprint density at radius 2 is 2.05 bits per heavy atom. The van der Waals surface area contributed by atoms with Gasteiger partial charge in [-0.05, 0) is 25.8 Å². The third-order valence-electron chi connectivity index (χ3n) is 3.77. The Morgan fingerprint density at radius 3 is 2.70 bits per heavy atom. The van der Waals surface area contributed by atoms with Crippen LogP contribution in [0.2, 0.25) is 0 Å². The van der Waals surface area contributed by atoms with Crippen molar-refractivity contribution in [1.82, 2.24) is 4.90 Å². The molecule has 1 aliphatic rings. The van der Waals surface area contributed by atoms with E-state index >= 15 is 0 Å². The highest BCUT2D eigenvalue weighted by atomic mass is 79.9. The number of rotatable bonds is 6. The van der Waals surface area contributed by atoms with E-state index in [0.717, 1.165) is 49.1 Å². The molecule has 0 aromatic heterocycles. The largest absolute Gasteiger partial charge is 0.378 e. The molecule has 0 saturated carbocycles. The Kier molecular flexibility index (Phi) is 6.20. The molecule has 4 heteroatoms. The smallest absolute Gasteiger partial charge is 0.165 e. The molecule has 3 nitrogen and oxygen atoms in total. The maximum absolute atomic E-state index is 12.2. The van der Waals surface area contributed by atoms with E-state index in [4.69, 9.17) is 4.74 Å². The fraction of sp³-hybridized carbons (Fsp3) is 0.562. The molecule has 0 radical (unpaired) electrons. The van der Waals surface area contributed by atoms with Crippen molar-refractivity contribution in [2.45, 2.75) is 32.3 Å². The molecule has 0 N–H and O–H groups in total. The number of piperidine rings is 1. The van der Waals surface area contributed by atoms with E-state index in [1.54, 1.807) is 0 Å². The van der Waals surface area contributed by atoms with Crippen LogP contribution in [-0.4, -0.2) is 43.0 Å². The van der Waals surface area contributed by atoms with Crippen LogP contribution in [0.15, 0.2) is 28.7 Å². The number of halogens is 1. The molecule has 0 aliphatic carbocycles. The first-order valence-corrected chi connectivity index (χ1v) is 8.11. The maximum atomic E-state index is 12.2. The summed E-state index contributed by atoms with van der Waals surface area (Å²) in [6.07, 6.45) is 3.16. The maximum Gasteiger partial charge on any atom is 0.165 e. The van der Waals surface area contributed by atoms with Crippen molar-refractivity contribution in [3.05, 3.63) is 34.3 Å². The highest BCUT2D eigenvalue weighted by Crippen LogP contribution is 2.19. The number of nitrogens with zero attached hydrogens (tertiary/aromatic N) is 1. The molecule has 0 amide bonds. The number of ether oxygens (including phenoxy) is 1. The van der Waals surface area contributed by atoms with Gasteiger partial charge in [-0.1, -0.05) is 34.1 Å². The highest BCUT2D eigenvalue weighted by molar-refractivity contribution is 9.10. The third kappa shape index (κ3) is 4.40. The van der Waals surface area contributed by atoms with Gasteiger partial charge >= 0.3 is 0 Å². The van der Waals surface area contributed by atoms with Gasteiger partial charge in [-0.3, -0.25) is 4.79 Å². The second-order valence-electron chi connectivity index (χ2n) is 5.15. The van der Waals surface area contributed by atoms with Crippen LogP contribution < -0.4 is 0 Å². The molecule has 110 valence electrons. The zero-order valence-corrected chi connectivity index (χ0v) is 13.6. The second kappa shape index (κ2) is 7.91. The van der Waals surface area contributed by atoms with Crippen molar-refractivity contribution in [2.75, 3.05) is 26.2 Å². The molecule has 1 aromatic rings. The van der Waals surface area contributed by atoms with E-state index in [9.17, 15) is 4.79 Å². The Hall–Kier alpha value is -0.710. The molecule has 1 fully saturated rings. The monoisotopic (exact) mass is 339 g/mol. The summed E-state index contributed by atoms with van der Waals surface area (Å²) in [5.41, 5.74) is 0.789. The first-order chi connectivity index (χ1) is 9.70. The summed E-state index contributed by atoms with van der Waals surface area (Å²) in [7, 11) is 0. The van der Waals surface area contributed by atoms with Crippen molar-refractivity contribution in [3.8, 4) is 0 Å². The molecule has 2 rings (SSSR count). The Morgan fingerprint density at radius 1 is 1.35 bits per heavy atom. The van der Waals surface area contributed by atoms with Crippen molar-refractivity contribution in [1.29, 1.82) is 0 Å². The molecule has 0 unspecified atom stereocenters. The van der Waals surface area contributed by atoms with Crippen molar-refractivity contribution >= 4 is 21.7 Å². The fourth-order valence-corrected chi connectivity index (χ4v) is 3.12. The van der Waals surface area contributed by atoms with Crippen LogP contribution >= 0.6 is 15.9 Å². The summed E-state index contributed by atoms with van der Waals surface area (Å²) in [4.78, 5) is 14.6. The van der Waals surface area contributed by atoms with Crippen molar-refractivity contribution < 1.29 is 9.53 Å². The summed E-state index contributed by atoms with van der Waals surface area (Å²) >= 11 is 3.44. The summed E-state index contributed by atoms with van der Waals surface area (Å²) in [5, 5.41) is 0. The molecule has 1 saturated heterocycles. The van der Waals surface area contributed by atoms with E-state index in [-0.39, 0.29) is 5.78 Å². The lowest BCUT2D eigenvalue weighted by Gasteiger charge is -2.31. The van der Waals surface area contributed by atoms with Gasteiger partial charge in [0.25, 0.3) is 0 Å². The van der Waals surface area contributed by atoms with Crippen LogP contribution in [0.3, 0.4) is 0 Å². The van der Waals surface area contributed by atoms with E-state index < -0.39 is 0 Å². The van der Waals surface area contributed by atoms with E-state index in [1.807, 2.05) is 31.2 Å². The van der Waals surface area contributed by atoms with E-state index in [0.29, 0.717) is 12.5 Å². The Bertz CT molecular complexity index is 442. The molecule has 0 atom stereocenters. The van der Waals surface area contributed by atoms with Crippen LogP contribution in [0.1, 0.15) is 36.5 Å². The Labute approximate surface area is 129 Å². The zero-order chi connectivity index (χ0) is 14.4. The van der Waals surface area contributed by atoms with E-state index in [2.05, 4.69) is 20.8 Å². The van der Waals surface area contributed by atoms with Crippen molar-refractivity contribution in [2.24, 2.45) is 0 Å². The van der Waals surface area contributed by atoms with Gasteiger partial charge in [0.2, 0.25) is 0 Å². The van der Waals surface area contributed by atoms with Gasteiger partial charge < -0.3 is 9.64 Å². The summed E-state index contributed by atoms with van der Waals surface area (Å²) in [6.45, 7) is 5.76. The van der Waals surface area contributed by atoms with E-state index in [1.165, 1.54) is 0 Å². The lowest BCUT2D eigenvalue weighted by Crippen LogP contribution is -2.38. The van der Waals surface area contributed by atoms with Crippen LogP contribution in [0, 0.1) is 0 Å². The SMILES string of the molecule is CCOC1CCN(CCC(=O)c2ccccc2Br)CC1. The normalized spacial score (nSPS) is 17.3. The first-order valence-electron chi connectivity index (χ1n) is 7.32. The van der Waals surface area contributed by atoms with Crippen LogP contribution in [0.4, 0.5) is 0 Å². The number of likely N-dealkylation sites (tertiary alicyclic amines) is 1. The number of carbonyl (C=O) groups is 1. The predicted octanol–water partition coefficient (Wildman–Crippen LogP) is 3.52. The quantitative estimate of drug-likeness (QED) is 0.742. The van der Waals surface area contributed by atoms with Crippen LogP contribution in [-0.2, 0) is 4.74 Å². The number of ketones is 1. The predicted molar refractivity (Wildman–Crippen MR) is 84.2 cm³/mol. The number of carbonyl (C=O) groups excluding carboxylic acids is 1. The lowest BCUT2D eigenvalue weighted by molar-refractivity contribution is 0.0143. The van der Waals surface area contributed by atoms with Crippen LogP contribution in [0.5, 0.6) is 0 Å². The third-order valence-corrected chi connectivity index (χ3v) is 4.46. The minimum absolute atomic E-state index is 0.212.